The number of hydrogen-bond acceptors (Lipinski definition) is 18. The Hall–Kier alpha value is -3.55. The van der Waals surface area contributed by atoms with Crippen molar-refractivity contribution in [3.63, 3.8) is 0 Å². The van der Waals surface area contributed by atoms with E-state index in [4.69, 9.17) is 28.4 Å². The SMILES string of the molecule is CC/C=C\C/C=C\C/C=C\C/C=C\C/C=C\C/C=C\CCCCCCCCCCCCCCC(=O)NC(COC1OC(CO)C(OC2OC(CO)C(OC3OC(CO)C(O)C(O)C3O)C(O)C2O)C(O)C1O)C(O)/C=C/CC/C=C/CC/C=C/CCCCCCCC. The van der Waals surface area contributed by atoms with Crippen LogP contribution in [0.4, 0.5) is 0 Å². The Morgan fingerprint density at radius 3 is 1.22 bits per heavy atom. The molecule has 19 heteroatoms. The molecule has 0 aromatic carbocycles. The first-order valence-corrected chi connectivity index (χ1v) is 35.1. The van der Waals surface area contributed by atoms with Gasteiger partial charge in [-0.2, -0.15) is 0 Å². The molecule has 12 N–H and O–H groups in total. The van der Waals surface area contributed by atoms with E-state index in [2.05, 4.69) is 116 Å². The van der Waals surface area contributed by atoms with Crippen LogP contribution in [0.2, 0.25) is 0 Å². The van der Waals surface area contributed by atoms with Crippen molar-refractivity contribution < 1.29 is 89.4 Å². The van der Waals surface area contributed by atoms with Gasteiger partial charge in [0.05, 0.1) is 38.6 Å². The topological polar surface area (TPSA) is 307 Å². The van der Waals surface area contributed by atoms with Crippen molar-refractivity contribution in [2.24, 2.45) is 0 Å². The molecule has 0 saturated carbocycles. The number of amides is 1. The zero-order valence-corrected chi connectivity index (χ0v) is 55.7. The minimum Gasteiger partial charge on any atom is -0.394 e. The van der Waals surface area contributed by atoms with E-state index in [0.29, 0.717) is 12.8 Å². The minimum atomic E-state index is -1.99. The molecule has 19 nitrogen and oxygen atoms in total. The molecule has 92 heavy (non-hydrogen) atoms. The predicted octanol–water partition coefficient (Wildman–Crippen LogP) is 9.44. The maximum absolute atomic E-state index is 13.4. The summed E-state index contributed by atoms with van der Waals surface area (Å²) in [5.41, 5.74) is 0. The Labute approximate surface area is 551 Å². The number of carbonyl (C=O) groups excluding carboxylic acids is 1. The second kappa shape index (κ2) is 53.6. The van der Waals surface area contributed by atoms with E-state index in [0.717, 1.165) is 96.3 Å². The lowest BCUT2D eigenvalue weighted by atomic mass is 9.96. The maximum atomic E-state index is 13.4. The molecule has 3 aliphatic heterocycles. The van der Waals surface area contributed by atoms with Crippen molar-refractivity contribution in [1.29, 1.82) is 0 Å². The van der Waals surface area contributed by atoms with Crippen LogP contribution >= 0.6 is 0 Å². The van der Waals surface area contributed by atoms with Crippen LogP contribution in [0.5, 0.6) is 0 Å². The summed E-state index contributed by atoms with van der Waals surface area (Å²) in [4.78, 5) is 13.4. The van der Waals surface area contributed by atoms with Crippen LogP contribution in [-0.2, 0) is 33.2 Å². The van der Waals surface area contributed by atoms with Crippen LogP contribution in [0.25, 0.3) is 0 Å². The lowest BCUT2D eigenvalue weighted by molar-refractivity contribution is -0.379. The molecule has 17 atom stereocenters. The van der Waals surface area contributed by atoms with Gasteiger partial charge in [-0.1, -0.05) is 220 Å². The summed E-state index contributed by atoms with van der Waals surface area (Å²) in [5.74, 6) is -0.297. The normalized spacial score (nSPS) is 28.4. The molecule has 3 fully saturated rings. The van der Waals surface area contributed by atoms with Crippen molar-refractivity contribution in [3.8, 4) is 0 Å². The van der Waals surface area contributed by atoms with Crippen LogP contribution in [0.3, 0.4) is 0 Å². The lowest BCUT2D eigenvalue weighted by Gasteiger charge is -2.48. The quantitative estimate of drug-likeness (QED) is 0.0199. The first kappa shape index (κ1) is 82.7. The first-order valence-electron chi connectivity index (χ1n) is 35.1. The number of ether oxygens (including phenoxy) is 6. The Kier molecular flexibility index (Phi) is 48.1. The standard InChI is InChI=1S/C73H123NO18/c1-3-5-7-9-11-13-15-17-19-21-22-23-24-25-26-27-28-29-30-31-32-33-34-35-37-39-41-43-45-47-49-51-61(79)74-56(57(78)50-48-46-44-42-40-38-36-20-18-16-14-12-10-8-6-4-2)55-87-71-67(85)64(82)69(59(53-76)89-71)92-73-68(86)65(83)70(60(54-77)90-73)91-72-66(84)63(81)62(80)58(52-75)88-72/h5,7,11,13,17-20,22-23,25-26,28-29,40,42,48,50,56-60,62-73,75-78,80-86H,3-4,6,8-10,12,14-16,21,24,27,30-39,41,43-47,49,51-55H2,1-2H3,(H,74,79)/b7-5-,13-11-,19-17-,20-18+,23-22-,26-25-,29-28-,42-40+,50-48+. The second-order valence-corrected chi connectivity index (χ2v) is 24.6. The van der Waals surface area contributed by atoms with Gasteiger partial charge >= 0.3 is 0 Å². The van der Waals surface area contributed by atoms with E-state index in [9.17, 15) is 61.0 Å². The van der Waals surface area contributed by atoms with Gasteiger partial charge in [-0.3, -0.25) is 4.79 Å². The Balaban J connectivity index is 1.41. The molecule has 0 aliphatic carbocycles. The summed E-state index contributed by atoms with van der Waals surface area (Å²) in [6.07, 6.45) is 44.9. The molecule has 17 unspecified atom stereocenters. The molecule has 0 spiro atoms. The van der Waals surface area contributed by atoms with Gasteiger partial charge in [0, 0.05) is 6.42 Å². The van der Waals surface area contributed by atoms with E-state index in [-0.39, 0.29) is 18.9 Å². The molecular formula is C73H123NO18. The molecular weight excluding hydrogens is 1180 g/mol. The van der Waals surface area contributed by atoms with Gasteiger partial charge in [0.25, 0.3) is 0 Å². The van der Waals surface area contributed by atoms with Crippen LogP contribution in [0, 0.1) is 0 Å². The van der Waals surface area contributed by atoms with Crippen LogP contribution in [0.15, 0.2) is 109 Å². The van der Waals surface area contributed by atoms with Gasteiger partial charge in [0.15, 0.2) is 18.9 Å². The van der Waals surface area contributed by atoms with Crippen LogP contribution in [-0.4, -0.2) is 193 Å². The number of hydrogen-bond donors (Lipinski definition) is 12. The maximum Gasteiger partial charge on any atom is 0.220 e. The van der Waals surface area contributed by atoms with Gasteiger partial charge in [0.2, 0.25) is 5.91 Å². The van der Waals surface area contributed by atoms with Gasteiger partial charge in [0.1, 0.15) is 73.2 Å². The summed E-state index contributed by atoms with van der Waals surface area (Å²) >= 11 is 0. The van der Waals surface area contributed by atoms with E-state index < -0.39 is 124 Å². The molecule has 0 radical (unpaired) electrons. The fourth-order valence-corrected chi connectivity index (χ4v) is 11.1. The summed E-state index contributed by atoms with van der Waals surface area (Å²) < 4.78 is 34.3. The van der Waals surface area contributed by atoms with Crippen molar-refractivity contribution >= 4 is 5.91 Å². The highest BCUT2D eigenvalue weighted by atomic mass is 16.8. The van der Waals surface area contributed by atoms with Crippen LogP contribution in [0.1, 0.15) is 213 Å². The van der Waals surface area contributed by atoms with Gasteiger partial charge in [-0.15, -0.1) is 0 Å². The molecule has 3 saturated heterocycles. The molecule has 3 rings (SSSR count). The van der Waals surface area contributed by atoms with Crippen molar-refractivity contribution in [2.45, 2.75) is 317 Å². The zero-order chi connectivity index (χ0) is 66.8. The second-order valence-electron chi connectivity index (χ2n) is 24.6. The Bertz CT molecular complexity index is 2090. The number of carbonyl (C=O) groups is 1. The van der Waals surface area contributed by atoms with E-state index in [1.165, 1.54) is 83.5 Å². The van der Waals surface area contributed by atoms with Crippen molar-refractivity contribution in [2.75, 3.05) is 26.4 Å². The Morgan fingerprint density at radius 1 is 0.402 bits per heavy atom. The number of aliphatic hydroxyl groups excluding tert-OH is 11. The number of unbranched alkanes of at least 4 members (excludes halogenated alkanes) is 20. The number of allylic oxidation sites excluding steroid dienone is 17. The molecule has 0 aromatic rings. The number of rotatable bonds is 52. The van der Waals surface area contributed by atoms with E-state index >= 15 is 0 Å². The lowest BCUT2D eigenvalue weighted by Crippen LogP contribution is -2.66. The highest BCUT2D eigenvalue weighted by Gasteiger charge is 2.53. The highest BCUT2D eigenvalue weighted by molar-refractivity contribution is 5.76. The van der Waals surface area contributed by atoms with Crippen molar-refractivity contribution in [3.05, 3.63) is 109 Å². The Morgan fingerprint density at radius 2 is 0.761 bits per heavy atom. The average molecular weight is 1300 g/mol. The van der Waals surface area contributed by atoms with Gasteiger partial charge < -0.3 is 89.9 Å². The molecule has 3 heterocycles. The van der Waals surface area contributed by atoms with Crippen molar-refractivity contribution in [1.82, 2.24) is 5.32 Å². The number of nitrogens with one attached hydrogen (secondary N) is 1. The molecule has 3 aliphatic rings. The monoisotopic (exact) mass is 1300 g/mol. The predicted molar refractivity (Wildman–Crippen MR) is 360 cm³/mol. The third-order valence-corrected chi connectivity index (χ3v) is 16.8. The third kappa shape index (κ3) is 34.9. The van der Waals surface area contributed by atoms with Gasteiger partial charge in [-0.25, -0.2) is 0 Å². The summed E-state index contributed by atoms with van der Waals surface area (Å²) in [6.45, 7) is 1.56. The average Bonchev–Trinajstić information content (AvgIpc) is 0.834. The molecule has 528 valence electrons. The smallest absolute Gasteiger partial charge is 0.220 e. The summed E-state index contributed by atoms with van der Waals surface area (Å²) in [7, 11) is 0. The third-order valence-electron chi connectivity index (χ3n) is 16.8. The first-order chi connectivity index (χ1) is 44.8. The largest absolute Gasteiger partial charge is 0.394 e. The zero-order valence-electron chi connectivity index (χ0n) is 55.7. The number of aliphatic hydroxyl groups is 11. The van der Waals surface area contributed by atoms with E-state index in [1.807, 2.05) is 6.08 Å². The minimum absolute atomic E-state index is 0.223. The summed E-state index contributed by atoms with van der Waals surface area (Å²) in [6, 6.07) is -1.00. The highest BCUT2D eigenvalue weighted by Crippen LogP contribution is 2.33. The molecule has 0 aromatic heterocycles. The molecule has 0 bridgehead atoms. The van der Waals surface area contributed by atoms with Gasteiger partial charge in [-0.05, 0) is 96.3 Å². The van der Waals surface area contributed by atoms with E-state index in [1.54, 1.807) is 6.08 Å². The fourth-order valence-electron chi connectivity index (χ4n) is 11.1. The summed E-state index contributed by atoms with van der Waals surface area (Å²) in [5, 5.41) is 120. The molecule has 1 amide bonds. The fraction of sp³-hybridized carbons (Fsp3) is 0.740. The van der Waals surface area contributed by atoms with Crippen LogP contribution < -0.4 is 5.32 Å².